The molecular formula is C12H15FOS. The summed E-state index contributed by atoms with van der Waals surface area (Å²) in [4.78, 5) is 0. The molecule has 15 heavy (non-hydrogen) atoms. The summed E-state index contributed by atoms with van der Waals surface area (Å²) in [5.41, 5.74) is 0.453. The maximum atomic E-state index is 14.1. The highest BCUT2D eigenvalue weighted by atomic mass is 32.2. The average Bonchev–Trinajstić information content (AvgIpc) is 2.30. The number of thioether (sulfide) groups is 1. The first kappa shape index (κ1) is 10.8. The number of rotatable bonds is 2. The molecule has 0 aliphatic carbocycles. The third-order valence-electron chi connectivity index (χ3n) is 2.91. The molecule has 1 aliphatic rings. The van der Waals surface area contributed by atoms with Gasteiger partial charge in [0.2, 0.25) is 0 Å². The van der Waals surface area contributed by atoms with Gasteiger partial charge in [-0.1, -0.05) is 18.2 Å². The summed E-state index contributed by atoms with van der Waals surface area (Å²) in [5, 5.41) is 9.57. The highest BCUT2D eigenvalue weighted by Crippen LogP contribution is 2.38. The van der Waals surface area contributed by atoms with E-state index >= 15 is 0 Å². The second kappa shape index (κ2) is 4.88. The Morgan fingerprint density at radius 2 is 1.93 bits per heavy atom. The molecule has 1 atom stereocenters. The summed E-state index contributed by atoms with van der Waals surface area (Å²) in [6.45, 7) is 0. The minimum absolute atomic E-state index is 0.0829. The van der Waals surface area contributed by atoms with E-state index in [1.807, 2.05) is 11.8 Å². The van der Waals surface area contributed by atoms with Crippen LogP contribution in [0.4, 0.5) is 4.39 Å². The molecule has 2 rings (SSSR count). The number of alkyl halides is 1. The molecule has 0 bridgehead atoms. The van der Waals surface area contributed by atoms with E-state index in [0.717, 1.165) is 24.3 Å². The monoisotopic (exact) mass is 226 g/mol. The average molecular weight is 226 g/mol. The van der Waals surface area contributed by atoms with Gasteiger partial charge in [-0.05, 0) is 36.3 Å². The first-order valence-corrected chi connectivity index (χ1v) is 6.44. The van der Waals surface area contributed by atoms with Crippen molar-refractivity contribution < 1.29 is 9.50 Å². The number of para-hydroxylation sites is 1. The Bertz CT molecular complexity index is 323. The van der Waals surface area contributed by atoms with E-state index in [4.69, 9.17) is 0 Å². The van der Waals surface area contributed by atoms with Crippen LogP contribution in [-0.2, 0) is 0 Å². The van der Waals surface area contributed by atoms with Gasteiger partial charge in [-0.15, -0.1) is 0 Å². The fraction of sp³-hybridized carbons (Fsp3) is 0.500. The van der Waals surface area contributed by atoms with Gasteiger partial charge < -0.3 is 5.11 Å². The zero-order valence-electron chi connectivity index (χ0n) is 8.53. The largest absolute Gasteiger partial charge is 0.508 e. The maximum Gasteiger partial charge on any atom is 0.132 e. The van der Waals surface area contributed by atoms with Crippen molar-refractivity contribution in [1.29, 1.82) is 0 Å². The summed E-state index contributed by atoms with van der Waals surface area (Å²) in [6.07, 6.45) is 0.826. The molecule has 1 fully saturated rings. The molecule has 0 amide bonds. The topological polar surface area (TPSA) is 20.2 Å². The number of halogens is 1. The van der Waals surface area contributed by atoms with Gasteiger partial charge in [0.25, 0.3) is 0 Å². The minimum atomic E-state index is -1.01. The van der Waals surface area contributed by atoms with Crippen molar-refractivity contribution in [3.8, 4) is 5.75 Å². The maximum absolute atomic E-state index is 14.1. The van der Waals surface area contributed by atoms with E-state index in [-0.39, 0.29) is 11.7 Å². The van der Waals surface area contributed by atoms with Crippen LogP contribution in [-0.4, -0.2) is 16.6 Å². The SMILES string of the molecule is Oc1ccccc1C(F)C1CCSCC1. The van der Waals surface area contributed by atoms with Crippen LogP contribution < -0.4 is 0 Å². The summed E-state index contributed by atoms with van der Waals surface area (Å²) in [5.74, 6) is 2.25. The molecule has 0 aromatic heterocycles. The number of phenolic OH excluding ortho intramolecular Hbond substituents is 1. The molecule has 0 spiro atoms. The number of aromatic hydroxyl groups is 1. The molecule has 1 aliphatic heterocycles. The lowest BCUT2D eigenvalue weighted by Gasteiger charge is -2.25. The summed E-state index contributed by atoms with van der Waals surface area (Å²) in [6, 6.07) is 6.74. The van der Waals surface area contributed by atoms with Crippen LogP contribution in [0.25, 0.3) is 0 Å². The van der Waals surface area contributed by atoms with Crippen LogP contribution in [0.3, 0.4) is 0 Å². The van der Waals surface area contributed by atoms with Crippen LogP contribution in [0.15, 0.2) is 24.3 Å². The summed E-state index contributed by atoms with van der Waals surface area (Å²) < 4.78 is 14.1. The standard InChI is InChI=1S/C12H15FOS/c13-12(9-5-7-15-8-6-9)10-3-1-2-4-11(10)14/h1-4,9,12,14H,5-8H2. The lowest BCUT2D eigenvalue weighted by Crippen LogP contribution is -2.15. The first-order valence-electron chi connectivity index (χ1n) is 5.29. The van der Waals surface area contributed by atoms with Crippen molar-refractivity contribution in [2.75, 3.05) is 11.5 Å². The van der Waals surface area contributed by atoms with Gasteiger partial charge in [0.1, 0.15) is 11.9 Å². The van der Waals surface area contributed by atoms with Crippen molar-refractivity contribution in [2.45, 2.75) is 19.0 Å². The van der Waals surface area contributed by atoms with Gasteiger partial charge in [0, 0.05) is 5.56 Å². The van der Waals surface area contributed by atoms with Crippen molar-refractivity contribution >= 4 is 11.8 Å². The third kappa shape index (κ3) is 2.46. The summed E-state index contributed by atoms with van der Waals surface area (Å²) >= 11 is 1.89. The summed E-state index contributed by atoms with van der Waals surface area (Å²) in [7, 11) is 0. The van der Waals surface area contributed by atoms with E-state index in [2.05, 4.69) is 0 Å². The van der Waals surface area contributed by atoms with Crippen LogP contribution >= 0.6 is 11.8 Å². The Morgan fingerprint density at radius 3 is 2.60 bits per heavy atom. The highest BCUT2D eigenvalue weighted by Gasteiger charge is 2.26. The van der Waals surface area contributed by atoms with Crippen molar-refractivity contribution in [1.82, 2.24) is 0 Å². The molecule has 0 radical (unpaired) electrons. The molecule has 1 heterocycles. The molecule has 1 aromatic rings. The Balaban J connectivity index is 2.12. The quantitative estimate of drug-likeness (QED) is 0.832. The molecule has 1 aromatic carbocycles. The number of benzene rings is 1. The predicted molar refractivity (Wildman–Crippen MR) is 62.0 cm³/mol. The highest BCUT2D eigenvalue weighted by molar-refractivity contribution is 7.99. The Kier molecular flexibility index (Phi) is 3.52. The van der Waals surface area contributed by atoms with Crippen LogP contribution in [0, 0.1) is 5.92 Å². The van der Waals surface area contributed by atoms with E-state index in [9.17, 15) is 9.50 Å². The van der Waals surface area contributed by atoms with E-state index in [1.54, 1.807) is 24.3 Å². The van der Waals surface area contributed by atoms with Gasteiger partial charge in [-0.25, -0.2) is 4.39 Å². The Morgan fingerprint density at radius 1 is 1.27 bits per heavy atom. The molecule has 82 valence electrons. The fourth-order valence-electron chi connectivity index (χ4n) is 1.98. The predicted octanol–water partition coefficient (Wildman–Crippen LogP) is 3.55. The Hall–Kier alpha value is -0.700. The molecule has 3 heteroatoms. The number of hydrogen-bond acceptors (Lipinski definition) is 2. The second-order valence-corrected chi connectivity index (χ2v) is 5.14. The number of hydrogen-bond donors (Lipinski definition) is 1. The van der Waals surface area contributed by atoms with E-state index < -0.39 is 6.17 Å². The van der Waals surface area contributed by atoms with Gasteiger partial charge in [-0.2, -0.15) is 11.8 Å². The van der Waals surface area contributed by atoms with Crippen molar-refractivity contribution in [3.63, 3.8) is 0 Å². The van der Waals surface area contributed by atoms with E-state index in [1.165, 1.54) is 0 Å². The smallest absolute Gasteiger partial charge is 0.132 e. The minimum Gasteiger partial charge on any atom is -0.508 e. The molecular weight excluding hydrogens is 211 g/mol. The lowest BCUT2D eigenvalue weighted by atomic mass is 9.91. The van der Waals surface area contributed by atoms with Gasteiger partial charge in [-0.3, -0.25) is 0 Å². The first-order chi connectivity index (χ1) is 7.29. The third-order valence-corrected chi connectivity index (χ3v) is 3.96. The zero-order valence-corrected chi connectivity index (χ0v) is 9.34. The number of phenols is 1. The van der Waals surface area contributed by atoms with Crippen LogP contribution in [0.1, 0.15) is 24.6 Å². The molecule has 1 unspecified atom stereocenters. The zero-order chi connectivity index (χ0) is 10.7. The molecule has 1 N–H and O–H groups in total. The fourth-order valence-corrected chi connectivity index (χ4v) is 3.13. The second-order valence-electron chi connectivity index (χ2n) is 3.91. The van der Waals surface area contributed by atoms with Crippen molar-refractivity contribution in [2.24, 2.45) is 5.92 Å². The van der Waals surface area contributed by atoms with Gasteiger partial charge in [0.15, 0.2) is 0 Å². The van der Waals surface area contributed by atoms with Crippen molar-refractivity contribution in [3.05, 3.63) is 29.8 Å². The molecule has 1 saturated heterocycles. The van der Waals surface area contributed by atoms with Gasteiger partial charge in [0.05, 0.1) is 0 Å². The molecule has 0 saturated carbocycles. The van der Waals surface area contributed by atoms with Crippen LogP contribution in [0.5, 0.6) is 5.75 Å². The lowest BCUT2D eigenvalue weighted by molar-refractivity contribution is 0.214. The van der Waals surface area contributed by atoms with Crippen LogP contribution in [0.2, 0.25) is 0 Å². The molecule has 1 nitrogen and oxygen atoms in total. The Labute approximate surface area is 93.7 Å². The normalized spacial score (nSPS) is 20.1. The van der Waals surface area contributed by atoms with E-state index in [0.29, 0.717) is 5.56 Å². The van der Waals surface area contributed by atoms with Gasteiger partial charge >= 0.3 is 0 Å².